The lowest BCUT2D eigenvalue weighted by Gasteiger charge is -2.09. The Hall–Kier alpha value is -2.15. The van der Waals surface area contributed by atoms with E-state index in [1.165, 1.54) is 30.3 Å². The maximum absolute atomic E-state index is 12.3. The molecule has 126 valence electrons. The van der Waals surface area contributed by atoms with E-state index in [0.29, 0.717) is 16.3 Å². The molecule has 0 aliphatic heterocycles. The largest absolute Gasteiger partial charge is 0.322 e. The van der Waals surface area contributed by atoms with Crippen molar-refractivity contribution in [3.8, 4) is 0 Å². The van der Waals surface area contributed by atoms with Crippen LogP contribution >= 0.6 is 11.6 Å². The second-order valence-corrected chi connectivity index (χ2v) is 7.28. The van der Waals surface area contributed by atoms with Crippen molar-refractivity contribution in [2.75, 3.05) is 11.9 Å². The third kappa shape index (κ3) is 4.44. The Balaban J connectivity index is 2.15. The summed E-state index contributed by atoms with van der Waals surface area (Å²) in [6.07, 6.45) is 1.45. The minimum absolute atomic E-state index is 0.0866. The van der Waals surface area contributed by atoms with Gasteiger partial charge in [-0.3, -0.25) is 4.79 Å². The number of hydrogen-bond acceptors (Lipinski definition) is 3. The fourth-order valence-corrected chi connectivity index (χ4v) is 3.22. The molecule has 0 radical (unpaired) electrons. The van der Waals surface area contributed by atoms with E-state index in [0.717, 1.165) is 5.56 Å². The molecule has 0 aromatic heterocycles. The molecule has 0 atom stereocenters. The number of carbonyl (C=O) groups excluding carboxylic acids is 1. The van der Waals surface area contributed by atoms with Crippen LogP contribution in [0, 0.1) is 6.92 Å². The number of hydrogen-bond donors (Lipinski definition) is 2. The van der Waals surface area contributed by atoms with E-state index in [-0.39, 0.29) is 17.3 Å². The summed E-state index contributed by atoms with van der Waals surface area (Å²) in [4.78, 5) is 12.3. The van der Waals surface area contributed by atoms with E-state index in [1.807, 2.05) is 6.92 Å². The lowest BCUT2D eigenvalue weighted by Crippen LogP contribution is -2.23. The molecule has 2 N–H and O–H groups in total. The molecule has 7 heteroatoms. The van der Waals surface area contributed by atoms with Crippen LogP contribution < -0.4 is 10.0 Å². The number of sulfonamides is 1. The van der Waals surface area contributed by atoms with Crippen LogP contribution in [0.3, 0.4) is 0 Å². The summed E-state index contributed by atoms with van der Waals surface area (Å²) in [5.74, 6) is -0.330. The van der Waals surface area contributed by atoms with Crippen LogP contribution in [-0.4, -0.2) is 20.9 Å². The fraction of sp³-hybridized carbons (Fsp3) is 0.118. The van der Waals surface area contributed by atoms with Gasteiger partial charge in [0.1, 0.15) is 0 Å². The summed E-state index contributed by atoms with van der Waals surface area (Å²) in [5, 5.41) is 3.36. The van der Waals surface area contributed by atoms with Gasteiger partial charge < -0.3 is 5.32 Å². The van der Waals surface area contributed by atoms with Crippen molar-refractivity contribution in [2.45, 2.75) is 11.8 Å². The van der Waals surface area contributed by atoms with E-state index in [9.17, 15) is 13.2 Å². The van der Waals surface area contributed by atoms with E-state index >= 15 is 0 Å². The van der Waals surface area contributed by atoms with E-state index in [2.05, 4.69) is 16.6 Å². The van der Waals surface area contributed by atoms with Crippen LogP contribution in [0.4, 0.5) is 5.69 Å². The Labute approximate surface area is 146 Å². The Bertz CT molecular complexity index is 862. The van der Waals surface area contributed by atoms with Crippen LogP contribution in [0.1, 0.15) is 15.9 Å². The van der Waals surface area contributed by atoms with Gasteiger partial charge >= 0.3 is 0 Å². The van der Waals surface area contributed by atoms with Gasteiger partial charge in [0.25, 0.3) is 5.91 Å². The lowest BCUT2D eigenvalue weighted by atomic mass is 10.1. The molecule has 0 heterocycles. The second-order valence-electron chi connectivity index (χ2n) is 5.08. The average molecular weight is 365 g/mol. The molecule has 2 aromatic rings. The molecule has 0 spiro atoms. The van der Waals surface area contributed by atoms with Gasteiger partial charge in [-0.15, -0.1) is 6.58 Å². The summed E-state index contributed by atoms with van der Waals surface area (Å²) >= 11 is 5.89. The Kier molecular flexibility index (Phi) is 5.77. The smallest absolute Gasteiger partial charge is 0.255 e. The molecule has 5 nitrogen and oxygen atoms in total. The maximum atomic E-state index is 12.3. The predicted octanol–water partition coefficient (Wildman–Crippen LogP) is 3.37. The zero-order valence-electron chi connectivity index (χ0n) is 13.0. The van der Waals surface area contributed by atoms with Gasteiger partial charge in [0.15, 0.2) is 0 Å². The topological polar surface area (TPSA) is 75.3 Å². The molecular weight excluding hydrogens is 348 g/mol. The quantitative estimate of drug-likeness (QED) is 0.772. The SMILES string of the molecule is C=CCNS(=O)(=O)c1ccc(C(=O)Nc2ccc(Cl)cc2C)cc1. The molecule has 0 aliphatic carbocycles. The second kappa shape index (κ2) is 7.61. The molecule has 0 aliphatic rings. The van der Waals surface area contributed by atoms with Crippen molar-refractivity contribution in [1.82, 2.24) is 4.72 Å². The number of aryl methyl sites for hydroxylation is 1. The molecule has 0 unspecified atom stereocenters. The Morgan fingerprint density at radius 2 is 1.88 bits per heavy atom. The van der Waals surface area contributed by atoms with Crippen LogP contribution in [0.2, 0.25) is 5.02 Å². The number of benzene rings is 2. The van der Waals surface area contributed by atoms with E-state index in [1.54, 1.807) is 18.2 Å². The normalized spacial score (nSPS) is 11.1. The highest BCUT2D eigenvalue weighted by molar-refractivity contribution is 7.89. The van der Waals surface area contributed by atoms with Gasteiger partial charge in [-0.1, -0.05) is 17.7 Å². The summed E-state index contributed by atoms with van der Waals surface area (Å²) in [6.45, 7) is 5.43. The molecule has 2 aromatic carbocycles. The van der Waals surface area contributed by atoms with Crippen molar-refractivity contribution in [3.05, 3.63) is 71.3 Å². The molecule has 0 saturated heterocycles. The first-order valence-electron chi connectivity index (χ1n) is 7.11. The number of halogens is 1. The minimum atomic E-state index is -3.60. The van der Waals surface area contributed by atoms with E-state index in [4.69, 9.17) is 11.6 Å². The molecule has 0 fully saturated rings. The molecule has 2 rings (SSSR count). The Morgan fingerprint density at radius 3 is 2.46 bits per heavy atom. The van der Waals surface area contributed by atoms with Crippen molar-refractivity contribution < 1.29 is 13.2 Å². The van der Waals surface area contributed by atoms with Crippen molar-refractivity contribution in [3.63, 3.8) is 0 Å². The van der Waals surface area contributed by atoms with Crippen LogP contribution in [0.5, 0.6) is 0 Å². The van der Waals surface area contributed by atoms with Crippen molar-refractivity contribution >= 4 is 33.2 Å². The zero-order chi connectivity index (χ0) is 17.7. The van der Waals surface area contributed by atoms with E-state index < -0.39 is 10.0 Å². The molecule has 24 heavy (non-hydrogen) atoms. The molecule has 1 amide bonds. The Morgan fingerprint density at radius 1 is 1.21 bits per heavy atom. The summed E-state index contributed by atoms with van der Waals surface area (Å²) < 4.78 is 26.3. The summed E-state index contributed by atoms with van der Waals surface area (Å²) in [7, 11) is -3.60. The fourth-order valence-electron chi connectivity index (χ4n) is 2.00. The van der Waals surface area contributed by atoms with Crippen LogP contribution in [0.25, 0.3) is 0 Å². The van der Waals surface area contributed by atoms with Gasteiger partial charge in [0, 0.05) is 22.8 Å². The third-order valence-electron chi connectivity index (χ3n) is 3.28. The monoisotopic (exact) mass is 364 g/mol. The van der Waals surface area contributed by atoms with Gasteiger partial charge in [-0.05, 0) is 55.0 Å². The van der Waals surface area contributed by atoms with Crippen LogP contribution in [-0.2, 0) is 10.0 Å². The number of anilines is 1. The average Bonchev–Trinajstić information content (AvgIpc) is 2.55. The molecular formula is C17H17ClN2O3S. The lowest BCUT2D eigenvalue weighted by molar-refractivity contribution is 0.102. The van der Waals surface area contributed by atoms with Crippen molar-refractivity contribution in [2.24, 2.45) is 0 Å². The minimum Gasteiger partial charge on any atom is -0.322 e. The maximum Gasteiger partial charge on any atom is 0.255 e. The predicted molar refractivity (Wildman–Crippen MR) is 96.0 cm³/mol. The standard InChI is InChI=1S/C17H17ClN2O3S/c1-3-10-19-24(22,23)15-7-4-13(5-8-15)17(21)20-16-9-6-14(18)11-12(16)2/h3-9,11,19H,1,10H2,2H3,(H,20,21). The first-order valence-corrected chi connectivity index (χ1v) is 8.98. The highest BCUT2D eigenvalue weighted by Gasteiger charge is 2.14. The van der Waals surface area contributed by atoms with Crippen molar-refractivity contribution in [1.29, 1.82) is 0 Å². The van der Waals surface area contributed by atoms with Crippen LogP contribution in [0.15, 0.2) is 60.0 Å². The molecule has 0 bridgehead atoms. The third-order valence-corrected chi connectivity index (χ3v) is 4.96. The summed E-state index contributed by atoms with van der Waals surface area (Å²) in [5.41, 5.74) is 1.84. The number of nitrogens with one attached hydrogen (secondary N) is 2. The number of amides is 1. The number of rotatable bonds is 6. The van der Waals surface area contributed by atoms with Gasteiger partial charge in [0.05, 0.1) is 4.90 Å². The first kappa shape index (κ1) is 18.2. The zero-order valence-corrected chi connectivity index (χ0v) is 14.6. The molecule has 0 saturated carbocycles. The first-order chi connectivity index (χ1) is 11.3. The van der Waals surface area contributed by atoms with Gasteiger partial charge in [-0.2, -0.15) is 0 Å². The highest BCUT2D eigenvalue weighted by Crippen LogP contribution is 2.20. The highest BCUT2D eigenvalue weighted by atomic mass is 35.5. The van der Waals surface area contributed by atoms with Gasteiger partial charge in [-0.25, -0.2) is 13.1 Å². The number of carbonyl (C=O) groups is 1. The summed E-state index contributed by atoms with van der Waals surface area (Å²) in [6, 6.07) is 10.8. The van der Waals surface area contributed by atoms with Gasteiger partial charge in [0.2, 0.25) is 10.0 Å².